The molecule has 1 aromatic heterocycles. The molecule has 6 heteroatoms. The highest BCUT2D eigenvalue weighted by molar-refractivity contribution is 14.1. The van der Waals surface area contributed by atoms with Gasteiger partial charge in [0.2, 0.25) is 0 Å². The number of nitrogens with one attached hydrogen (secondary N) is 1. The van der Waals surface area contributed by atoms with Gasteiger partial charge in [0.05, 0.1) is 15.6 Å². The lowest BCUT2D eigenvalue weighted by Gasteiger charge is -2.07. The van der Waals surface area contributed by atoms with Crippen molar-refractivity contribution in [1.29, 1.82) is 0 Å². The van der Waals surface area contributed by atoms with E-state index in [1.807, 2.05) is 0 Å². The summed E-state index contributed by atoms with van der Waals surface area (Å²) in [6, 6.07) is 6.81. The van der Waals surface area contributed by atoms with Crippen molar-refractivity contribution in [2.45, 2.75) is 0 Å². The van der Waals surface area contributed by atoms with Gasteiger partial charge in [-0.1, -0.05) is 23.2 Å². The number of amides is 1. The Balaban J connectivity index is 2.22. The molecule has 18 heavy (non-hydrogen) atoms. The summed E-state index contributed by atoms with van der Waals surface area (Å²) in [6.07, 6.45) is 2.96. The average molecular weight is 393 g/mol. The van der Waals surface area contributed by atoms with Crippen molar-refractivity contribution in [2.75, 3.05) is 5.32 Å². The zero-order chi connectivity index (χ0) is 13.1. The van der Waals surface area contributed by atoms with Gasteiger partial charge in [-0.25, -0.2) is 0 Å². The van der Waals surface area contributed by atoms with E-state index in [0.29, 0.717) is 21.3 Å². The molecule has 0 bridgehead atoms. The fourth-order valence-corrected chi connectivity index (χ4v) is 2.14. The second-order valence-electron chi connectivity index (χ2n) is 3.44. The van der Waals surface area contributed by atoms with Crippen LogP contribution < -0.4 is 5.32 Å². The van der Waals surface area contributed by atoms with Gasteiger partial charge < -0.3 is 5.32 Å². The van der Waals surface area contributed by atoms with Gasteiger partial charge in [0.25, 0.3) is 5.91 Å². The smallest absolute Gasteiger partial charge is 0.258 e. The molecule has 3 nitrogen and oxygen atoms in total. The average Bonchev–Trinajstić information content (AvgIpc) is 2.34. The molecule has 2 rings (SSSR count). The van der Waals surface area contributed by atoms with Crippen LogP contribution in [0.3, 0.4) is 0 Å². The van der Waals surface area contributed by atoms with Gasteiger partial charge in [-0.05, 0) is 46.9 Å². The van der Waals surface area contributed by atoms with Crippen LogP contribution >= 0.6 is 45.8 Å². The maximum Gasteiger partial charge on any atom is 0.258 e. The third-order valence-electron chi connectivity index (χ3n) is 2.19. The van der Waals surface area contributed by atoms with E-state index in [4.69, 9.17) is 23.2 Å². The Morgan fingerprint density at radius 1 is 1.22 bits per heavy atom. The lowest BCUT2D eigenvalue weighted by molar-refractivity contribution is 0.102. The van der Waals surface area contributed by atoms with Crippen molar-refractivity contribution in [3.05, 3.63) is 55.8 Å². The standard InChI is InChI=1S/C12H7Cl2IN2O/c13-9-3-4-16-6-8(9)12(18)17-7-1-2-10(14)11(15)5-7/h1-6H,(H,17,18). The van der Waals surface area contributed by atoms with Crippen molar-refractivity contribution >= 4 is 57.4 Å². The molecular weight excluding hydrogens is 386 g/mol. The van der Waals surface area contributed by atoms with Crippen molar-refractivity contribution in [2.24, 2.45) is 0 Å². The third kappa shape index (κ3) is 3.13. The molecule has 0 aliphatic carbocycles. The first-order valence-electron chi connectivity index (χ1n) is 4.94. The van der Waals surface area contributed by atoms with E-state index < -0.39 is 0 Å². The Labute approximate surface area is 128 Å². The topological polar surface area (TPSA) is 42.0 Å². The molecule has 1 amide bonds. The van der Waals surface area contributed by atoms with E-state index in [9.17, 15) is 4.79 Å². The summed E-state index contributed by atoms with van der Waals surface area (Å²) in [5, 5.41) is 3.75. The monoisotopic (exact) mass is 392 g/mol. The first kappa shape index (κ1) is 13.6. The number of aromatic nitrogens is 1. The number of benzene rings is 1. The predicted octanol–water partition coefficient (Wildman–Crippen LogP) is 4.25. The zero-order valence-corrected chi connectivity index (χ0v) is 12.6. The molecule has 0 fully saturated rings. The number of rotatable bonds is 2. The molecular formula is C12H7Cl2IN2O. The Bertz CT molecular complexity index is 604. The van der Waals surface area contributed by atoms with E-state index >= 15 is 0 Å². The van der Waals surface area contributed by atoms with E-state index in [-0.39, 0.29) is 5.91 Å². The van der Waals surface area contributed by atoms with Gasteiger partial charge in [-0.2, -0.15) is 0 Å². The van der Waals surface area contributed by atoms with Crippen LogP contribution in [-0.2, 0) is 0 Å². The molecule has 1 aromatic carbocycles. The maximum absolute atomic E-state index is 12.0. The zero-order valence-electron chi connectivity index (χ0n) is 8.95. The quantitative estimate of drug-likeness (QED) is 0.776. The van der Waals surface area contributed by atoms with Gasteiger partial charge >= 0.3 is 0 Å². The minimum atomic E-state index is -0.300. The van der Waals surface area contributed by atoms with Crippen LogP contribution in [0.5, 0.6) is 0 Å². The fraction of sp³-hybridized carbons (Fsp3) is 0. The molecule has 92 valence electrons. The molecule has 0 atom stereocenters. The number of pyridine rings is 1. The van der Waals surface area contributed by atoms with Gasteiger partial charge in [-0.3, -0.25) is 9.78 Å². The molecule has 0 saturated heterocycles. The summed E-state index contributed by atoms with van der Waals surface area (Å²) in [5.41, 5.74) is 0.998. The second-order valence-corrected chi connectivity index (χ2v) is 5.42. The van der Waals surface area contributed by atoms with Crippen molar-refractivity contribution < 1.29 is 4.79 Å². The number of hydrogen-bond donors (Lipinski definition) is 1. The molecule has 0 radical (unpaired) electrons. The highest BCUT2D eigenvalue weighted by Crippen LogP contribution is 2.23. The van der Waals surface area contributed by atoms with Crippen molar-refractivity contribution in [3.8, 4) is 0 Å². The van der Waals surface area contributed by atoms with Crippen molar-refractivity contribution in [1.82, 2.24) is 4.98 Å². The lowest BCUT2D eigenvalue weighted by atomic mass is 10.2. The normalized spacial score (nSPS) is 10.2. The molecule has 0 saturated carbocycles. The van der Waals surface area contributed by atoms with Gasteiger partial charge in [0.15, 0.2) is 0 Å². The number of anilines is 1. The molecule has 2 aromatic rings. The first-order valence-corrected chi connectivity index (χ1v) is 6.77. The van der Waals surface area contributed by atoms with E-state index in [1.54, 1.807) is 24.3 Å². The van der Waals surface area contributed by atoms with Crippen LogP contribution in [-0.4, -0.2) is 10.9 Å². The summed E-state index contributed by atoms with van der Waals surface area (Å²) >= 11 is 13.9. The Morgan fingerprint density at radius 2 is 2.00 bits per heavy atom. The number of halogens is 3. The van der Waals surface area contributed by atoms with Crippen LogP contribution in [0.15, 0.2) is 36.7 Å². The maximum atomic E-state index is 12.0. The first-order chi connectivity index (χ1) is 8.58. The minimum Gasteiger partial charge on any atom is -0.322 e. The number of carbonyl (C=O) groups is 1. The van der Waals surface area contributed by atoms with Gasteiger partial charge in [0.1, 0.15) is 0 Å². The molecule has 0 aliphatic rings. The summed E-state index contributed by atoms with van der Waals surface area (Å²) in [4.78, 5) is 15.8. The molecule has 1 N–H and O–H groups in total. The second kappa shape index (κ2) is 5.86. The molecule has 0 aliphatic heterocycles. The van der Waals surface area contributed by atoms with Crippen LogP contribution in [0.1, 0.15) is 10.4 Å². The van der Waals surface area contributed by atoms with Gasteiger partial charge in [-0.15, -0.1) is 0 Å². The largest absolute Gasteiger partial charge is 0.322 e. The predicted molar refractivity (Wildman–Crippen MR) is 81.4 cm³/mol. The molecule has 0 spiro atoms. The summed E-state index contributed by atoms with van der Waals surface area (Å²) in [5.74, 6) is -0.300. The van der Waals surface area contributed by atoms with Crippen LogP contribution in [0, 0.1) is 3.57 Å². The SMILES string of the molecule is O=C(Nc1ccc(Cl)c(I)c1)c1cnccc1Cl. The Kier molecular flexibility index (Phi) is 4.42. The number of hydrogen-bond acceptors (Lipinski definition) is 2. The highest BCUT2D eigenvalue weighted by Gasteiger charge is 2.10. The van der Waals surface area contributed by atoms with Crippen molar-refractivity contribution in [3.63, 3.8) is 0 Å². The third-order valence-corrected chi connectivity index (χ3v) is 4.06. The lowest BCUT2D eigenvalue weighted by Crippen LogP contribution is -2.12. The van der Waals surface area contributed by atoms with Crippen LogP contribution in [0.4, 0.5) is 5.69 Å². The number of nitrogens with zero attached hydrogens (tertiary/aromatic N) is 1. The van der Waals surface area contributed by atoms with Crippen LogP contribution in [0.2, 0.25) is 10.0 Å². The summed E-state index contributed by atoms with van der Waals surface area (Å²) in [6.45, 7) is 0. The highest BCUT2D eigenvalue weighted by atomic mass is 127. The van der Waals surface area contributed by atoms with E-state index in [1.165, 1.54) is 12.4 Å². The Morgan fingerprint density at radius 3 is 2.67 bits per heavy atom. The van der Waals surface area contributed by atoms with Crippen LogP contribution in [0.25, 0.3) is 0 Å². The van der Waals surface area contributed by atoms with Gasteiger partial charge in [0, 0.05) is 21.7 Å². The minimum absolute atomic E-state index is 0.300. The van der Waals surface area contributed by atoms with E-state index in [0.717, 1.165) is 3.57 Å². The summed E-state index contributed by atoms with van der Waals surface area (Å²) < 4.78 is 0.865. The molecule has 1 heterocycles. The van der Waals surface area contributed by atoms with E-state index in [2.05, 4.69) is 32.9 Å². The Hall–Kier alpha value is -0.850. The summed E-state index contributed by atoms with van der Waals surface area (Å²) in [7, 11) is 0. The molecule has 0 unspecified atom stereocenters. The number of carbonyl (C=O) groups excluding carboxylic acids is 1. The fourth-order valence-electron chi connectivity index (χ4n) is 1.32.